The molecular weight excluding hydrogens is 963 g/mol. The van der Waals surface area contributed by atoms with Crippen molar-refractivity contribution in [3.05, 3.63) is 97.2 Å². The van der Waals surface area contributed by atoms with Gasteiger partial charge in [-0.05, 0) is 89.9 Å². The molecule has 0 radical (unpaired) electrons. The largest absolute Gasteiger partial charge is 0.394 e. The Labute approximate surface area is 494 Å². The van der Waals surface area contributed by atoms with Crippen molar-refractivity contribution in [2.24, 2.45) is 0 Å². The Morgan fingerprint density at radius 2 is 0.570 bits per heavy atom. The first-order valence-corrected chi connectivity index (χ1v) is 35.0. The number of unbranched alkanes of at least 4 members (excludes halogenated alkanes) is 43. The second-order valence-corrected chi connectivity index (χ2v) is 23.6. The van der Waals surface area contributed by atoms with Crippen molar-refractivity contribution in [1.29, 1.82) is 0 Å². The summed E-state index contributed by atoms with van der Waals surface area (Å²) in [5, 5.41) is 23.3. The van der Waals surface area contributed by atoms with E-state index in [2.05, 4.69) is 104 Å². The third-order valence-electron chi connectivity index (χ3n) is 15.8. The molecule has 0 rings (SSSR count). The molecule has 3 N–H and O–H groups in total. The summed E-state index contributed by atoms with van der Waals surface area (Å²) in [5.74, 6) is -0.0751. The minimum Gasteiger partial charge on any atom is -0.394 e. The number of amides is 1. The van der Waals surface area contributed by atoms with Crippen LogP contribution in [0, 0.1) is 0 Å². The molecule has 0 spiro atoms. The predicted molar refractivity (Wildman–Crippen MR) is 354 cm³/mol. The lowest BCUT2D eigenvalue weighted by Crippen LogP contribution is -2.45. The first kappa shape index (κ1) is 76.3. The molecule has 0 bridgehead atoms. The summed E-state index contributed by atoms with van der Waals surface area (Å²) in [6.45, 7) is 4.21. The third kappa shape index (κ3) is 66.0. The van der Waals surface area contributed by atoms with E-state index in [-0.39, 0.29) is 12.5 Å². The van der Waals surface area contributed by atoms with Crippen LogP contribution in [0.3, 0.4) is 0 Å². The van der Waals surface area contributed by atoms with E-state index in [0.29, 0.717) is 6.42 Å². The van der Waals surface area contributed by atoms with E-state index >= 15 is 0 Å². The average molecular weight is 1100 g/mol. The van der Waals surface area contributed by atoms with Crippen molar-refractivity contribution in [3.63, 3.8) is 0 Å². The molecule has 4 heteroatoms. The Balaban J connectivity index is 3.50. The number of aliphatic hydroxyl groups excluding tert-OH is 2. The highest BCUT2D eigenvalue weighted by Crippen LogP contribution is 2.18. The molecule has 0 aromatic carbocycles. The zero-order valence-corrected chi connectivity index (χ0v) is 52.9. The van der Waals surface area contributed by atoms with Crippen LogP contribution in [0.1, 0.15) is 354 Å². The van der Waals surface area contributed by atoms with Gasteiger partial charge in [-0.2, -0.15) is 0 Å². The van der Waals surface area contributed by atoms with Gasteiger partial charge in [0.1, 0.15) is 0 Å². The highest BCUT2D eigenvalue weighted by Gasteiger charge is 2.18. The molecule has 79 heavy (non-hydrogen) atoms. The zero-order chi connectivity index (χ0) is 56.9. The molecule has 0 aliphatic carbocycles. The number of rotatable bonds is 64. The second-order valence-electron chi connectivity index (χ2n) is 23.6. The molecule has 0 aliphatic rings. The van der Waals surface area contributed by atoms with Crippen molar-refractivity contribution < 1.29 is 15.0 Å². The van der Waals surface area contributed by atoms with Crippen LogP contribution in [0.2, 0.25) is 0 Å². The van der Waals surface area contributed by atoms with E-state index in [0.717, 1.165) is 70.6 Å². The summed E-state index contributed by atoms with van der Waals surface area (Å²) in [7, 11) is 0. The summed E-state index contributed by atoms with van der Waals surface area (Å²) in [4.78, 5) is 12.5. The molecule has 0 saturated carbocycles. The number of hydrogen-bond acceptors (Lipinski definition) is 3. The summed E-state index contributed by atoms with van der Waals surface area (Å²) in [6, 6.07) is -0.651. The maximum Gasteiger partial charge on any atom is 0.220 e. The van der Waals surface area contributed by atoms with E-state index in [1.54, 1.807) is 6.08 Å². The van der Waals surface area contributed by atoms with Gasteiger partial charge in [-0.1, -0.05) is 355 Å². The Morgan fingerprint density at radius 1 is 0.316 bits per heavy atom. The van der Waals surface area contributed by atoms with Gasteiger partial charge < -0.3 is 15.5 Å². The predicted octanol–water partition coefficient (Wildman–Crippen LogP) is 24.0. The van der Waals surface area contributed by atoms with Crippen LogP contribution in [0.4, 0.5) is 0 Å². The van der Waals surface area contributed by atoms with Crippen LogP contribution < -0.4 is 5.32 Å². The zero-order valence-electron chi connectivity index (χ0n) is 52.9. The van der Waals surface area contributed by atoms with E-state index < -0.39 is 12.1 Å². The number of nitrogens with one attached hydrogen (secondary N) is 1. The standard InChI is InChI=1S/C75H135NO3/c1-3-5-7-9-11-13-15-17-19-21-23-25-27-29-31-33-35-37-38-39-41-43-45-47-49-51-53-55-57-59-61-63-65-67-69-71-75(79)76-73(72-77)74(78)70-68-66-64-62-60-58-56-54-52-50-48-46-44-42-40-36-34-32-30-28-26-24-22-20-18-16-14-12-10-8-6-4-2/h5,7,11,13,17,19,23,25,29,31,52,54,60,62,68,70,73-74,77-78H,3-4,6,8-10,12,14-16,18,20-22,24,26-28,30,32-51,53,55-59,61,63-67,69,71-72H2,1-2H3,(H,76,79)/b7-5-,13-11-,19-17-,25-23-,31-29-,54-52+,62-60+,70-68+. The molecule has 0 aromatic heterocycles. The van der Waals surface area contributed by atoms with Gasteiger partial charge >= 0.3 is 0 Å². The van der Waals surface area contributed by atoms with Crippen molar-refractivity contribution >= 4 is 5.91 Å². The molecule has 0 heterocycles. The highest BCUT2D eigenvalue weighted by atomic mass is 16.3. The Bertz CT molecular complexity index is 1430. The van der Waals surface area contributed by atoms with Gasteiger partial charge in [0.2, 0.25) is 5.91 Å². The quantitative estimate of drug-likeness (QED) is 0.0420. The van der Waals surface area contributed by atoms with Crippen molar-refractivity contribution in [3.8, 4) is 0 Å². The van der Waals surface area contributed by atoms with Crippen LogP contribution >= 0.6 is 0 Å². The number of carbonyl (C=O) groups is 1. The smallest absolute Gasteiger partial charge is 0.220 e. The minimum absolute atomic E-state index is 0.0751. The second kappa shape index (κ2) is 69.6. The van der Waals surface area contributed by atoms with Gasteiger partial charge in [0.25, 0.3) is 0 Å². The lowest BCUT2D eigenvalue weighted by Gasteiger charge is -2.19. The molecule has 1 amide bonds. The topological polar surface area (TPSA) is 69.6 Å². The van der Waals surface area contributed by atoms with Crippen LogP contribution in [0.5, 0.6) is 0 Å². The Morgan fingerprint density at radius 3 is 0.886 bits per heavy atom. The van der Waals surface area contributed by atoms with Gasteiger partial charge in [-0.25, -0.2) is 0 Å². The first-order chi connectivity index (χ1) is 39.2. The summed E-state index contributed by atoms with van der Waals surface area (Å²) >= 11 is 0. The van der Waals surface area contributed by atoms with Crippen molar-refractivity contribution in [2.75, 3.05) is 6.61 Å². The first-order valence-electron chi connectivity index (χ1n) is 35.0. The molecular formula is C75H135NO3. The van der Waals surface area contributed by atoms with Crippen LogP contribution in [0.25, 0.3) is 0 Å². The lowest BCUT2D eigenvalue weighted by atomic mass is 10.0. The fourth-order valence-electron chi connectivity index (χ4n) is 10.5. The molecule has 2 unspecified atom stereocenters. The number of carbonyl (C=O) groups excluding carboxylic acids is 1. The molecule has 0 saturated heterocycles. The molecule has 0 aliphatic heterocycles. The lowest BCUT2D eigenvalue weighted by molar-refractivity contribution is -0.123. The van der Waals surface area contributed by atoms with Gasteiger partial charge in [0, 0.05) is 6.42 Å². The van der Waals surface area contributed by atoms with E-state index in [4.69, 9.17) is 0 Å². The number of aliphatic hydroxyl groups is 2. The maximum atomic E-state index is 12.5. The average Bonchev–Trinajstić information content (AvgIpc) is 3.45. The molecule has 2 atom stereocenters. The summed E-state index contributed by atoms with van der Waals surface area (Å²) in [6.07, 6.45) is 104. The number of allylic oxidation sites excluding steroid dienone is 15. The fraction of sp³-hybridized carbons (Fsp3) is 0.773. The van der Waals surface area contributed by atoms with Crippen molar-refractivity contribution in [2.45, 2.75) is 366 Å². The third-order valence-corrected chi connectivity index (χ3v) is 15.8. The highest BCUT2D eigenvalue weighted by molar-refractivity contribution is 5.76. The fourth-order valence-corrected chi connectivity index (χ4v) is 10.5. The molecule has 458 valence electrons. The molecule has 0 aromatic rings. The van der Waals surface area contributed by atoms with E-state index in [1.165, 1.54) is 263 Å². The van der Waals surface area contributed by atoms with Crippen molar-refractivity contribution in [1.82, 2.24) is 5.32 Å². The summed E-state index contributed by atoms with van der Waals surface area (Å²) in [5.41, 5.74) is 0. The summed E-state index contributed by atoms with van der Waals surface area (Å²) < 4.78 is 0. The molecule has 4 nitrogen and oxygen atoms in total. The van der Waals surface area contributed by atoms with Crippen LogP contribution in [0.15, 0.2) is 97.2 Å². The van der Waals surface area contributed by atoms with Gasteiger partial charge in [0.05, 0.1) is 18.8 Å². The number of hydrogen-bond donors (Lipinski definition) is 3. The van der Waals surface area contributed by atoms with Gasteiger partial charge in [-0.3, -0.25) is 4.79 Å². The maximum absolute atomic E-state index is 12.5. The monoisotopic (exact) mass is 1100 g/mol. The van der Waals surface area contributed by atoms with Gasteiger partial charge in [0.15, 0.2) is 0 Å². The van der Waals surface area contributed by atoms with Crippen LogP contribution in [-0.2, 0) is 4.79 Å². The van der Waals surface area contributed by atoms with Gasteiger partial charge in [-0.15, -0.1) is 0 Å². The van der Waals surface area contributed by atoms with E-state index in [9.17, 15) is 15.0 Å². The van der Waals surface area contributed by atoms with Crippen LogP contribution in [-0.4, -0.2) is 34.9 Å². The molecule has 0 fully saturated rings. The Kier molecular flexibility index (Phi) is 67.2. The van der Waals surface area contributed by atoms with E-state index in [1.807, 2.05) is 6.08 Å². The Hall–Kier alpha value is -2.69. The minimum atomic E-state index is -0.876. The normalized spacial score (nSPS) is 13.3. The SMILES string of the molecule is CC/C=C\C/C=C\C/C=C\C/C=C\C/C=C\CCCCCCCCCCCCCCCCCCCCCC(=O)NC(CO)C(O)/C=C/CC/C=C/CC/C=C/CCCCCCCCCCCCCCCCCCCCCCCC.